The molecule has 88 valence electrons. The van der Waals surface area contributed by atoms with Gasteiger partial charge in [0.15, 0.2) is 0 Å². The lowest BCUT2D eigenvalue weighted by molar-refractivity contribution is 0.208. The summed E-state index contributed by atoms with van der Waals surface area (Å²) in [5, 5.41) is 19.5. The molecule has 4 heteroatoms. The average molecular weight is 206 g/mol. The van der Waals surface area contributed by atoms with E-state index in [1.807, 2.05) is 6.92 Å². The molecule has 0 fully saturated rings. The van der Waals surface area contributed by atoms with E-state index < -0.39 is 0 Å². The predicted octanol–water partition coefficient (Wildman–Crippen LogP) is -0.0913. The highest BCUT2D eigenvalue weighted by molar-refractivity contribution is 4.47. The van der Waals surface area contributed by atoms with Crippen molar-refractivity contribution in [2.45, 2.75) is 20.8 Å². The number of aliphatic hydroxyl groups excluding tert-OH is 2. The van der Waals surface area contributed by atoms with Crippen LogP contribution in [0.3, 0.4) is 0 Å². The van der Waals surface area contributed by atoms with Crippen molar-refractivity contribution in [1.82, 2.24) is 10.2 Å². The quantitative estimate of drug-likeness (QED) is 0.510. The van der Waals surface area contributed by atoms with Crippen LogP contribution in [0, 0.1) is 0 Å². The van der Waals surface area contributed by atoms with Crippen LogP contribution in [-0.4, -0.2) is 61.1 Å². The molecule has 0 atom stereocenters. The Kier molecular flexibility index (Phi) is 17.8. The van der Waals surface area contributed by atoms with Crippen LogP contribution in [0.4, 0.5) is 0 Å². The van der Waals surface area contributed by atoms with Crippen molar-refractivity contribution < 1.29 is 10.2 Å². The van der Waals surface area contributed by atoms with Gasteiger partial charge in [0, 0.05) is 13.1 Å². The van der Waals surface area contributed by atoms with Crippen molar-refractivity contribution in [3.05, 3.63) is 0 Å². The first kappa shape index (κ1) is 16.3. The third-order valence-corrected chi connectivity index (χ3v) is 1.85. The normalized spacial score (nSPS) is 9.86. The molecule has 0 aromatic heterocycles. The van der Waals surface area contributed by atoms with E-state index in [0.29, 0.717) is 0 Å². The van der Waals surface area contributed by atoms with Gasteiger partial charge in [0.2, 0.25) is 0 Å². The Morgan fingerprint density at radius 1 is 1.00 bits per heavy atom. The maximum Gasteiger partial charge on any atom is 0.0558 e. The standard InChI is InChI=1S/C6H15NO.C4H11NO/c1-3-7(4-2)5-6-8;1-2-5-3-4-6/h8H,3-6H2,1-2H3;5-6H,2-4H2,1H3. The van der Waals surface area contributed by atoms with Crippen LogP contribution in [0.2, 0.25) is 0 Å². The Bertz CT molecular complexity index is 84.2. The number of rotatable bonds is 7. The summed E-state index contributed by atoms with van der Waals surface area (Å²) >= 11 is 0. The molecule has 0 saturated heterocycles. The monoisotopic (exact) mass is 206 g/mol. The van der Waals surface area contributed by atoms with Gasteiger partial charge in [-0.05, 0) is 19.6 Å². The molecule has 0 aliphatic heterocycles. The number of hydrogen-bond donors (Lipinski definition) is 3. The highest BCUT2D eigenvalue weighted by Gasteiger charge is 1.93. The molecular weight excluding hydrogens is 180 g/mol. The second kappa shape index (κ2) is 15.3. The first-order chi connectivity index (χ1) is 6.76. The van der Waals surface area contributed by atoms with Gasteiger partial charge in [0.25, 0.3) is 0 Å². The van der Waals surface area contributed by atoms with Crippen LogP contribution < -0.4 is 5.32 Å². The zero-order valence-electron chi connectivity index (χ0n) is 9.79. The molecule has 0 aliphatic carbocycles. The molecule has 0 saturated carbocycles. The van der Waals surface area contributed by atoms with Crippen LogP contribution >= 0.6 is 0 Å². The second-order valence-electron chi connectivity index (χ2n) is 2.83. The first-order valence-electron chi connectivity index (χ1n) is 5.41. The van der Waals surface area contributed by atoms with Gasteiger partial charge < -0.3 is 20.4 Å². The van der Waals surface area contributed by atoms with Crippen molar-refractivity contribution in [1.29, 1.82) is 0 Å². The number of likely N-dealkylation sites (N-methyl/N-ethyl adjacent to an activating group) is 2. The highest BCUT2D eigenvalue weighted by Crippen LogP contribution is 1.82. The van der Waals surface area contributed by atoms with E-state index >= 15 is 0 Å². The van der Waals surface area contributed by atoms with E-state index in [1.54, 1.807) is 0 Å². The minimum atomic E-state index is 0.244. The zero-order valence-corrected chi connectivity index (χ0v) is 9.79. The topological polar surface area (TPSA) is 55.7 Å². The van der Waals surface area contributed by atoms with Crippen LogP contribution in [0.15, 0.2) is 0 Å². The number of hydrogen-bond acceptors (Lipinski definition) is 4. The van der Waals surface area contributed by atoms with E-state index in [4.69, 9.17) is 10.2 Å². The average Bonchev–Trinajstić information content (AvgIpc) is 2.24. The van der Waals surface area contributed by atoms with E-state index in [-0.39, 0.29) is 13.2 Å². The van der Waals surface area contributed by atoms with E-state index in [0.717, 1.165) is 32.7 Å². The van der Waals surface area contributed by atoms with Gasteiger partial charge in [-0.15, -0.1) is 0 Å². The summed E-state index contributed by atoms with van der Waals surface area (Å²) < 4.78 is 0. The van der Waals surface area contributed by atoms with E-state index in [2.05, 4.69) is 24.1 Å². The Labute approximate surface area is 87.9 Å². The molecule has 0 heterocycles. The smallest absolute Gasteiger partial charge is 0.0558 e. The lowest BCUT2D eigenvalue weighted by atomic mass is 10.5. The van der Waals surface area contributed by atoms with Gasteiger partial charge in [-0.25, -0.2) is 0 Å². The molecule has 0 bridgehead atoms. The zero-order chi connectivity index (χ0) is 11.2. The van der Waals surface area contributed by atoms with Crippen molar-refractivity contribution >= 4 is 0 Å². The van der Waals surface area contributed by atoms with Crippen molar-refractivity contribution in [3.8, 4) is 0 Å². The summed E-state index contributed by atoms with van der Waals surface area (Å²) in [6.45, 7) is 11.3. The predicted molar refractivity (Wildman–Crippen MR) is 60.5 cm³/mol. The van der Waals surface area contributed by atoms with Gasteiger partial charge in [0.05, 0.1) is 13.2 Å². The van der Waals surface area contributed by atoms with Crippen LogP contribution in [-0.2, 0) is 0 Å². The molecular formula is C10H26N2O2. The summed E-state index contributed by atoms with van der Waals surface area (Å²) in [6, 6.07) is 0. The Hall–Kier alpha value is -0.160. The molecule has 0 aromatic rings. The van der Waals surface area contributed by atoms with Gasteiger partial charge in [-0.1, -0.05) is 20.8 Å². The van der Waals surface area contributed by atoms with Crippen molar-refractivity contribution in [3.63, 3.8) is 0 Å². The molecule has 0 unspecified atom stereocenters. The molecule has 0 aliphatic rings. The summed E-state index contributed by atoms with van der Waals surface area (Å²) in [5.74, 6) is 0. The van der Waals surface area contributed by atoms with Crippen molar-refractivity contribution in [2.75, 3.05) is 45.9 Å². The lowest BCUT2D eigenvalue weighted by Crippen LogP contribution is -2.25. The Morgan fingerprint density at radius 3 is 1.71 bits per heavy atom. The summed E-state index contributed by atoms with van der Waals surface area (Å²) in [4.78, 5) is 2.18. The number of nitrogens with zero attached hydrogens (tertiary/aromatic N) is 1. The number of nitrogens with one attached hydrogen (secondary N) is 1. The fraction of sp³-hybridized carbons (Fsp3) is 1.00. The molecule has 0 aromatic carbocycles. The summed E-state index contributed by atoms with van der Waals surface area (Å²) in [7, 11) is 0. The number of aliphatic hydroxyl groups is 2. The van der Waals surface area contributed by atoms with E-state index in [9.17, 15) is 0 Å². The Morgan fingerprint density at radius 2 is 1.57 bits per heavy atom. The Balaban J connectivity index is 0. The lowest BCUT2D eigenvalue weighted by Gasteiger charge is -2.15. The maximum atomic E-state index is 8.46. The van der Waals surface area contributed by atoms with Crippen LogP contribution in [0.25, 0.3) is 0 Å². The molecule has 0 radical (unpaired) electrons. The van der Waals surface area contributed by atoms with Crippen molar-refractivity contribution in [2.24, 2.45) is 0 Å². The maximum absolute atomic E-state index is 8.46. The minimum absolute atomic E-state index is 0.244. The van der Waals surface area contributed by atoms with Gasteiger partial charge in [-0.2, -0.15) is 0 Å². The molecule has 4 nitrogen and oxygen atoms in total. The second-order valence-corrected chi connectivity index (χ2v) is 2.83. The van der Waals surface area contributed by atoms with Gasteiger partial charge >= 0.3 is 0 Å². The van der Waals surface area contributed by atoms with Gasteiger partial charge in [0.1, 0.15) is 0 Å². The molecule has 0 rings (SSSR count). The fourth-order valence-corrected chi connectivity index (χ4v) is 0.937. The molecule has 0 spiro atoms. The van der Waals surface area contributed by atoms with Gasteiger partial charge in [-0.3, -0.25) is 0 Å². The molecule has 14 heavy (non-hydrogen) atoms. The summed E-state index contributed by atoms with van der Waals surface area (Å²) in [6.07, 6.45) is 0. The molecule has 3 N–H and O–H groups in total. The summed E-state index contributed by atoms with van der Waals surface area (Å²) in [5.41, 5.74) is 0. The largest absolute Gasteiger partial charge is 0.395 e. The third-order valence-electron chi connectivity index (χ3n) is 1.85. The van der Waals surface area contributed by atoms with Crippen LogP contribution in [0.1, 0.15) is 20.8 Å². The SMILES string of the molecule is CCN(CC)CCO.CCNCCO. The fourth-order valence-electron chi connectivity index (χ4n) is 0.937. The molecule has 0 amide bonds. The highest BCUT2D eigenvalue weighted by atomic mass is 16.3. The third kappa shape index (κ3) is 14.4. The minimum Gasteiger partial charge on any atom is -0.395 e. The van der Waals surface area contributed by atoms with E-state index in [1.165, 1.54) is 0 Å². The first-order valence-corrected chi connectivity index (χ1v) is 5.41. The van der Waals surface area contributed by atoms with Crippen LogP contribution in [0.5, 0.6) is 0 Å².